The normalized spacial score (nSPS) is 11.9. The summed E-state index contributed by atoms with van der Waals surface area (Å²) in [6, 6.07) is 2.12. The summed E-state index contributed by atoms with van der Waals surface area (Å²) in [5.74, 6) is 0.919. The molecule has 0 atom stereocenters. The Morgan fingerprint density at radius 2 is 2.00 bits per heavy atom. The minimum atomic E-state index is 0.163. The molecule has 0 bridgehead atoms. The fourth-order valence-electron chi connectivity index (χ4n) is 2.52. The van der Waals surface area contributed by atoms with Gasteiger partial charge in [-0.15, -0.1) is 0 Å². The Balaban J connectivity index is 2.35. The van der Waals surface area contributed by atoms with Crippen molar-refractivity contribution in [2.75, 3.05) is 0 Å². The van der Waals surface area contributed by atoms with Crippen LogP contribution >= 0.6 is 0 Å². The third-order valence-electron chi connectivity index (χ3n) is 3.34. The zero-order valence-corrected chi connectivity index (χ0v) is 12.5. The topological polar surface area (TPSA) is 56.0 Å². The molecule has 4 rings (SSSR count). The molecule has 0 aromatic carbocycles. The van der Waals surface area contributed by atoms with E-state index in [1.807, 2.05) is 18.2 Å². The molecule has 6 heteroatoms. The maximum atomic E-state index is 4.74. The molecule has 0 spiro atoms. The summed E-state index contributed by atoms with van der Waals surface area (Å²) in [5, 5.41) is 9.46. The van der Waals surface area contributed by atoms with E-state index in [0.29, 0.717) is 0 Å². The number of aromatic nitrogens is 5. The molecule has 0 aliphatic heterocycles. The van der Waals surface area contributed by atoms with Crippen LogP contribution in [-0.2, 0) is 0 Å². The monoisotopic (exact) mass is 317 g/mol. The molecule has 94 valence electrons. The zero-order valence-electron chi connectivity index (χ0n) is 10.8. The van der Waals surface area contributed by atoms with Crippen LogP contribution in [0.25, 0.3) is 25.2 Å². The van der Waals surface area contributed by atoms with Crippen LogP contribution in [0, 0.1) is 20.8 Å². The molecule has 0 saturated heterocycles. The van der Waals surface area contributed by atoms with Gasteiger partial charge >= 0.3 is 115 Å². The molecule has 0 aliphatic carbocycles. The standard InChI is InChI=1S/C13H11N5Se/c1-6-4-7(2)15-13-9(6)10-11(19-13)12-17-14-5-18(12)8(3)16-10/h4-5H,1-3H3. The molecule has 0 fully saturated rings. The molecule has 4 aromatic rings. The van der Waals surface area contributed by atoms with Crippen molar-refractivity contribution >= 4 is 39.7 Å². The minimum absolute atomic E-state index is 0.163. The maximum absolute atomic E-state index is 4.74. The van der Waals surface area contributed by atoms with Gasteiger partial charge in [-0.05, 0) is 0 Å². The van der Waals surface area contributed by atoms with E-state index in [1.54, 1.807) is 6.33 Å². The third-order valence-corrected chi connectivity index (χ3v) is 5.58. The van der Waals surface area contributed by atoms with E-state index in [4.69, 9.17) is 4.98 Å². The van der Waals surface area contributed by atoms with Gasteiger partial charge < -0.3 is 0 Å². The summed E-state index contributed by atoms with van der Waals surface area (Å²) in [4.78, 5) is 9.42. The molecule has 0 aliphatic rings. The zero-order chi connectivity index (χ0) is 13.1. The van der Waals surface area contributed by atoms with Crippen LogP contribution in [0.5, 0.6) is 0 Å². The van der Waals surface area contributed by atoms with Crippen molar-refractivity contribution in [3.05, 3.63) is 29.5 Å². The predicted octanol–water partition coefficient (Wildman–Crippen LogP) is 1.81. The van der Waals surface area contributed by atoms with Gasteiger partial charge in [-0.1, -0.05) is 0 Å². The number of hydrogen-bond donors (Lipinski definition) is 0. The van der Waals surface area contributed by atoms with E-state index in [0.717, 1.165) is 22.7 Å². The van der Waals surface area contributed by atoms with E-state index in [-0.39, 0.29) is 14.5 Å². The van der Waals surface area contributed by atoms with Gasteiger partial charge in [0.25, 0.3) is 0 Å². The van der Waals surface area contributed by atoms with Crippen LogP contribution in [0.1, 0.15) is 17.1 Å². The van der Waals surface area contributed by atoms with Crippen molar-refractivity contribution in [2.24, 2.45) is 0 Å². The van der Waals surface area contributed by atoms with E-state index in [1.165, 1.54) is 19.6 Å². The fraction of sp³-hybridized carbons (Fsp3) is 0.231. The predicted molar refractivity (Wildman–Crippen MR) is 74.7 cm³/mol. The van der Waals surface area contributed by atoms with Crippen LogP contribution in [-0.4, -0.2) is 39.1 Å². The quantitative estimate of drug-likeness (QED) is 0.464. The van der Waals surface area contributed by atoms with Crippen molar-refractivity contribution in [3.8, 4) is 0 Å². The number of fused-ring (bicyclic) bond motifs is 5. The van der Waals surface area contributed by atoms with Gasteiger partial charge in [-0.3, -0.25) is 0 Å². The van der Waals surface area contributed by atoms with Gasteiger partial charge in [-0.2, -0.15) is 0 Å². The number of pyridine rings is 1. The second kappa shape index (κ2) is 3.62. The van der Waals surface area contributed by atoms with Gasteiger partial charge in [0, 0.05) is 0 Å². The molecule has 4 heterocycles. The second-order valence-corrected chi connectivity index (χ2v) is 6.82. The SMILES string of the molecule is Cc1cc(C)c2c(n1)[se]c1c2nc(C)n2cnnc12. The first kappa shape index (κ1) is 11.1. The first-order valence-corrected chi connectivity index (χ1v) is 7.73. The summed E-state index contributed by atoms with van der Waals surface area (Å²) in [7, 11) is 0. The van der Waals surface area contributed by atoms with Gasteiger partial charge in [0.2, 0.25) is 0 Å². The number of nitrogens with zero attached hydrogens (tertiary/aromatic N) is 5. The Bertz CT molecular complexity index is 950. The summed E-state index contributed by atoms with van der Waals surface area (Å²) in [6.45, 7) is 6.15. The van der Waals surface area contributed by atoms with Gasteiger partial charge in [0.05, 0.1) is 0 Å². The van der Waals surface area contributed by atoms with Gasteiger partial charge in [0.1, 0.15) is 0 Å². The fourth-order valence-corrected chi connectivity index (χ4v) is 5.08. The Morgan fingerprint density at radius 1 is 1.16 bits per heavy atom. The summed E-state index contributed by atoms with van der Waals surface area (Å²) in [6.07, 6.45) is 1.72. The molecule has 0 radical (unpaired) electrons. The van der Waals surface area contributed by atoms with Crippen molar-refractivity contribution in [2.45, 2.75) is 20.8 Å². The van der Waals surface area contributed by atoms with E-state index in [9.17, 15) is 0 Å². The summed E-state index contributed by atoms with van der Waals surface area (Å²) < 4.78 is 4.32. The van der Waals surface area contributed by atoms with Crippen LogP contribution in [0.2, 0.25) is 0 Å². The van der Waals surface area contributed by atoms with Crippen LogP contribution < -0.4 is 0 Å². The Hall–Kier alpha value is -1.78. The third kappa shape index (κ3) is 1.41. The molecule has 5 nitrogen and oxygen atoms in total. The van der Waals surface area contributed by atoms with Crippen molar-refractivity contribution < 1.29 is 0 Å². The second-order valence-electron chi connectivity index (χ2n) is 4.72. The van der Waals surface area contributed by atoms with Crippen LogP contribution in [0.4, 0.5) is 0 Å². The van der Waals surface area contributed by atoms with E-state index < -0.39 is 0 Å². The van der Waals surface area contributed by atoms with Gasteiger partial charge in [0.15, 0.2) is 0 Å². The summed E-state index contributed by atoms with van der Waals surface area (Å²) >= 11 is 0.163. The molecule has 0 N–H and O–H groups in total. The van der Waals surface area contributed by atoms with Crippen molar-refractivity contribution in [3.63, 3.8) is 0 Å². The number of hydrogen-bond acceptors (Lipinski definition) is 4. The number of aryl methyl sites for hydroxylation is 3. The van der Waals surface area contributed by atoms with Crippen LogP contribution in [0.15, 0.2) is 12.4 Å². The Labute approximate surface area is 115 Å². The molecule has 19 heavy (non-hydrogen) atoms. The summed E-state index contributed by atoms with van der Waals surface area (Å²) in [5.41, 5.74) is 4.30. The van der Waals surface area contributed by atoms with Gasteiger partial charge in [-0.25, -0.2) is 0 Å². The molecular weight excluding hydrogens is 305 g/mol. The molecule has 0 amide bonds. The molecular formula is C13H11N5Se. The molecule has 4 aromatic heterocycles. The molecule has 0 unspecified atom stereocenters. The first-order valence-electron chi connectivity index (χ1n) is 6.02. The Kier molecular flexibility index (Phi) is 2.11. The first-order chi connectivity index (χ1) is 9.15. The average Bonchev–Trinajstić information content (AvgIpc) is 2.92. The van der Waals surface area contributed by atoms with Crippen molar-refractivity contribution in [1.29, 1.82) is 0 Å². The number of rotatable bonds is 0. The molecule has 0 saturated carbocycles. The van der Waals surface area contributed by atoms with E-state index in [2.05, 4.69) is 28.2 Å². The Morgan fingerprint density at radius 3 is 2.84 bits per heavy atom. The van der Waals surface area contributed by atoms with E-state index >= 15 is 0 Å². The van der Waals surface area contributed by atoms with Crippen molar-refractivity contribution in [1.82, 2.24) is 24.6 Å². The van der Waals surface area contributed by atoms with Crippen LogP contribution in [0.3, 0.4) is 0 Å². The average molecular weight is 316 g/mol.